The second-order valence-electron chi connectivity index (χ2n) is 7.46. The van der Waals surface area contributed by atoms with E-state index in [0.717, 1.165) is 35.4 Å². The zero-order valence-corrected chi connectivity index (χ0v) is 17.1. The molecule has 148 valence electrons. The van der Waals surface area contributed by atoms with Crippen molar-refractivity contribution >= 4 is 29.1 Å². The molecule has 0 bridgehead atoms. The van der Waals surface area contributed by atoms with E-state index in [1.165, 1.54) is 0 Å². The number of hydrogen-bond acceptors (Lipinski definition) is 4. The number of nitrogens with one attached hydrogen (secondary N) is 2. The van der Waals surface area contributed by atoms with E-state index in [9.17, 15) is 9.59 Å². The molecule has 4 rings (SSSR count). The predicted molar refractivity (Wildman–Crippen MR) is 114 cm³/mol. The third-order valence-corrected chi connectivity index (χ3v) is 5.74. The number of pyridine rings is 1. The predicted octanol–water partition coefficient (Wildman–Crippen LogP) is 4.65. The van der Waals surface area contributed by atoms with Crippen LogP contribution in [0.1, 0.15) is 43.2 Å². The zero-order chi connectivity index (χ0) is 20.5. The Bertz CT molecular complexity index is 1070. The summed E-state index contributed by atoms with van der Waals surface area (Å²) in [6, 6.07) is 11.1. The fraction of sp³-hybridized carbons (Fsp3) is 0.261. The minimum atomic E-state index is -0.502. The van der Waals surface area contributed by atoms with Crippen molar-refractivity contribution in [3.05, 3.63) is 81.3 Å². The van der Waals surface area contributed by atoms with Gasteiger partial charge in [0.1, 0.15) is 5.82 Å². The fourth-order valence-corrected chi connectivity index (χ4v) is 4.34. The Balaban J connectivity index is 1.81. The van der Waals surface area contributed by atoms with Gasteiger partial charge in [0, 0.05) is 46.1 Å². The third kappa shape index (κ3) is 3.70. The van der Waals surface area contributed by atoms with E-state index < -0.39 is 5.92 Å². The van der Waals surface area contributed by atoms with Gasteiger partial charge in [-0.05, 0) is 56.0 Å². The molecule has 2 aromatic rings. The quantitative estimate of drug-likeness (QED) is 0.776. The molecule has 6 heteroatoms. The van der Waals surface area contributed by atoms with Crippen molar-refractivity contribution < 1.29 is 9.59 Å². The minimum absolute atomic E-state index is 0.0650. The molecule has 5 nitrogen and oxygen atoms in total. The van der Waals surface area contributed by atoms with Gasteiger partial charge in [-0.25, -0.2) is 4.98 Å². The maximum absolute atomic E-state index is 13.3. The molecule has 1 aliphatic heterocycles. The van der Waals surface area contributed by atoms with Gasteiger partial charge in [-0.2, -0.15) is 0 Å². The fourth-order valence-electron chi connectivity index (χ4n) is 4.09. The van der Waals surface area contributed by atoms with Gasteiger partial charge in [0.25, 0.3) is 5.91 Å². The van der Waals surface area contributed by atoms with E-state index in [2.05, 4.69) is 15.6 Å². The number of dihydropyridines is 1. The van der Waals surface area contributed by atoms with Gasteiger partial charge in [0.2, 0.25) is 0 Å². The number of aryl methyl sites for hydroxylation is 1. The lowest BCUT2D eigenvalue weighted by atomic mass is 9.75. The molecular weight excluding hydrogens is 386 g/mol. The van der Waals surface area contributed by atoms with Gasteiger partial charge in [0.05, 0.1) is 0 Å². The van der Waals surface area contributed by atoms with E-state index in [4.69, 9.17) is 11.6 Å². The zero-order valence-electron chi connectivity index (χ0n) is 16.4. The van der Waals surface area contributed by atoms with Gasteiger partial charge in [-0.15, -0.1) is 0 Å². The van der Waals surface area contributed by atoms with Crippen molar-refractivity contribution in [1.29, 1.82) is 0 Å². The number of Topliss-reactive ketones (excluding diaryl/α,β-unsaturated/α-hetero) is 1. The molecule has 29 heavy (non-hydrogen) atoms. The number of nitrogens with zero attached hydrogens (tertiary/aromatic N) is 1. The van der Waals surface area contributed by atoms with Gasteiger partial charge < -0.3 is 10.6 Å². The number of benzene rings is 1. The maximum atomic E-state index is 13.3. The Kier molecular flexibility index (Phi) is 5.24. The summed E-state index contributed by atoms with van der Waals surface area (Å²) in [6.45, 7) is 3.81. The summed E-state index contributed by atoms with van der Waals surface area (Å²) in [5, 5.41) is 6.74. The molecule has 0 spiro atoms. The van der Waals surface area contributed by atoms with Crippen LogP contribution in [0.2, 0.25) is 5.02 Å². The highest BCUT2D eigenvalue weighted by molar-refractivity contribution is 6.31. The third-order valence-electron chi connectivity index (χ3n) is 5.39. The number of halogens is 1. The number of ketones is 1. The maximum Gasteiger partial charge on any atom is 0.255 e. The lowest BCUT2D eigenvalue weighted by molar-refractivity contribution is -0.116. The van der Waals surface area contributed by atoms with Crippen molar-refractivity contribution in [3.8, 4) is 0 Å². The smallest absolute Gasteiger partial charge is 0.255 e. The Labute approximate surface area is 174 Å². The number of allylic oxidation sites excluding steroid dienone is 3. The summed E-state index contributed by atoms with van der Waals surface area (Å²) in [7, 11) is 0. The molecule has 1 amide bonds. The van der Waals surface area contributed by atoms with Crippen LogP contribution in [0.25, 0.3) is 0 Å². The van der Waals surface area contributed by atoms with E-state index in [0.29, 0.717) is 28.4 Å². The van der Waals surface area contributed by atoms with Crippen LogP contribution in [-0.4, -0.2) is 16.7 Å². The van der Waals surface area contributed by atoms with Crippen LogP contribution in [-0.2, 0) is 9.59 Å². The topological polar surface area (TPSA) is 71.1 Å². The van der Waals surface area contributed by atoms with Gasteiger partial charge in [-0.1, -0.05) is 29.8 Å². The Morgan fingerprint density at radius 3 is 2.76 bits per heavy atom. The summed E-state index contributed by atoms with van der Waals surface area (Å²) in [6.07, 6.45) is 3.73. The number of carbonyl (C=O) groups excluding carboxylic acids is 2. The second-order valence-corrected chi connectivity index (χ2v) is 7.87. The SMILES string of the molecule is CC1=C(C(=O)Nc2cc(C)ccn2)[C@H](c2ccccc2Cl)C2=C(CCCC2=O)N1. The molecule has 1 atom stereocenters. The number of amides is 1. The van der Waals surface area contributed by atoms with Gasteiger partial charge in [0.15, 0.2) is 5.78 Å². The molecule has 1 aromatic carbocycles. The first-order valence-corrected chi connectivity index (χ1v) is 10.1. The normalized spacial score (nSPS) is 19.0. The Hall–Kier alpha value is -2.92. The average molecular weight is 408 g/mol. The molecule has 2 heterocycles. The Morgan fingerprint density at radius 1 is 1.21 bits per heavy atom. The van der Waals surface area contributed by atoms with E-state index in [-0.39, 0.29) is 11.7 Å². The second kappa shape index (κ2) is 7.84. The van der Waals surface area contributed by atoms with Crippen LogP contribution in [0.15, 0.2) is 65.1 Å². The van der Waals surface area contributed by atoms with Crippen LogP contribution in [0.4, 0.5) is 5.82 Å². The monoisotopic (exact) mass is 407 g/mol. The summed E-state index contributed by atoms with van der Waals surface area (Å²) >= 11 is 6.51. The molecule has 2 N–H and O–H groups in total. The van der Waals surface area contributed by atoms with E-state index in [1.807, 2.05) is 44.2 Å². The average Bonchev–Trinajstić information content (AvgIpc) is 2.67. The molecule has 0 fully saturated rings. The van der Waals surface area contributed by atoms with Crippen molar-refractivity contribution in [1.82, 2.24) is 10.3 Å². The first-order valence-electron chi connectivity index (χ1n) is 9.68. The minimum Gasteiger partial charge on any atom is -0.362 e. The van der Waals surface area contributed by atoms with Crippen molar-refractivity contribution in [2.45, 2.75) is 39.0 Å². The van der Waals surface area contributed by atoms with Gasteiger partial charge >= 0.3 is 0 Å². The molecular formula is C23H22ClN3O2. The molecule has 0 unspecified atom stereocenters. The summed E-state index contributed by atoms with van der Waals surface area (Å²) in [4.78, 5) is 30.5. The number of hydrogen-bond donors (Lipinski definition) is 2. The summed E-state index contributed by atoms with van der Waals surface area (Å²) in [5.41, 5.74) is 4.54. The molecule has 0 saturated carbocycles. The molecule has 1 aromatic heterocycles. The van der Waals surface area contributed by atoms with Gasteiger partial charge in [-0.3, -0.25) is 9.59 Å². The number of anilines is 1. The number of carbonyl (C=O) groups is 2. The molecule has 0 radical (unpaired) electrons. The van der Waals surface area contributed by atoms with Crippen molar-refractivity contribution in [2.75, 3.05) is 5.32 Å². The molecule has 1 aliphatic carbocycles. The summed E-state index contributed by atoms with van der Waals surface area (Å²) in [5.74, 6) is -0.251. The van der Waals surface area contributed by atoms with Crippen LogP contribution < -0.4 is 10.6 Å². The van der Waals surface area contributed by atoms with Crippen molar-refractivity contribution in [2.24, 2.45) is 0 Å². The Morgan fingerprint density at radius 2 is 2.00 bits per heavy atom. The molecule has 0 saturated heterocycles. The van der Waals surface area contributed by atoms with Crippen molar-refractivity contribution in [3.63, 3.8) is 0 Å². The standard InChI is InChI=1S/C23H22ClN3O2/c1-13-10-11-25-19(12-13)27-23(29)20-14(2)26-17-8-5-9-18(28)22(17)21(20)15-6-3-4-7-16(15)24/h3-4,6-7,10-12,21,26H,5,8-9H2,1-2H3,(H,25,27,29)/t21-/m0/s1. The highest BCUT2D eigenvalue weighted by atomic mass is 35.5. The largest absolute Gasteiger partial charge is 0.362 e. The molecule has 2 aliphatic rings. The highest BCUT2D eigenvalue weighted by Crippen LogP contribution is 2.44. The van der Waals surface area contributed by atoms with Crippen LogP contribution in [0.3, 0.4) is 0 Å². The van der Waals surface area contributed by atoms with Crippen LogP contribution in [0.5, 0.6) is 0 Å². The lowest BCUT2D eigenvalue weighted by Gasteiger charge is -2.34. The highest BCUT2D eigenvalue weighted by Gasteiger charge is 2.39. The lowest BCUT2D eigenvalue weighted by Crippen LogP contribution is -2.35. The summed E-state index contributed by atoms with van der Waals surface area (Å²) < 4.78 is 0. The van der Waals surface area contributed by atoms with E-state index >= 15 is 0 Å². The first-order chi connectivity index (χ1) is 14.0. The first kappa shape index (κ1) is 19.4. The van der Waals surface area contributed by atoms with Crippen LogP contribution >= 0.6 is 11.6 Å². The number of rotatable bonds is 3. The van der Waals surface area contributed by atoms with Crippen LogP contribution in [0, 0.1) is 6.92 Å². The number of aromatic nitrogens is 1. The van der Waals surface area contributed by atoms with E-state index in [1.54, 1.807) is 12.3 Å².